The van der Waals surface area contributed by atoms with E-state index in [-0.39, 0.29) is 23.7 Å². The third-order valence-corrected chi connectivity index (χ3v) is 8.72. The van der Waals surface area contributed by atoms with Crippen molar-refractivity contribution >= 4 is 30.0 Å². The molecule has 0 bridgehead atoms. The predicted molar refractivity (Wildman–Crippen MR) is 161 cm³/mol. The zero-order valence-electron chi connectivity index (χ0n) is 25.3. The molecule has 0 saturated carbocycles. The second-order valence-corrected chi connectivity index (χ2v) is 16.2. The first-order chi connectivity index (χ1) is 18.5. The van der Waals surface area contributed by atoms with E-state index in [2.05, 4.69) is 38.1 Å². The first kappa shape index (κ1) is 29.9. The van der Waals surface area contributed by atoms with Gasteiger partial charge in [-0.3, -0.25) is 4.90 Å². The van der Waals surface area contributed by atoms with Crippen LogP contribution in [0.1, 0.15) is 78.4 Å². The van der Waals surface area contributed by atoms with Crippen molar-refractivity contribution in [1.82, 2.24) is 19.5 Å². The largest absolute Gasteiger partial charge is 0.472 e. The normalized spacial score (nSPS) is 17.8. The van der Waals surface area contributed by atoms with Gasteiger partial charge in [-0.2, -0.15) is 14.6 Å². The first-order valence-electron chi connectivity index (χ1n) is 14.0. The molecule has 1 atom stereocenters. The van der Waals surface area contributed by atoms with Gasteiger partial charge in [-0.25, -0.2) is 4.79 Å². The average Bonchev–Trinajstić information content (AvgIpc) is 3.26. The monoisotopic (exact) mass is 569 g/mol. The highest BCUT2D eigenvalue weighted by atomic mass is 31.2. The standard InChI is InChI=1S/C30H44N5O4P/c1-20(2)24-18-32-35-25(31-17-21-11-10-12-23(15-21)40(8,9)37)16-26(33-27(24)35)38-22-13-14-30(6,7)34(19-22)28(36)39-29(3,4)5/h10-12,15-16,18,20,22,31H,13-14,17,19H2,1-9H3. The Bertz CT molecular complexity index is 1420. The maximum absolute atomic E-state index is 13.0. The number of carbonyl (C=O) groups excluding carboxylic acids is 1. The Labute approximate surface area is 238 Å². The van der Waals surface area contributed by atoms with Crippen LogP contribution in [0.15, 0.2) is 36.5 Å². The van der Waals surface area contributed by atoms with Crippen LogP contribution in [-0.4, -0.2) is 62.7 Å². The number of hydrogen-bond acceptors (Lipinski definition) is 7. The molecule has 1 aliphatic rings. The number of aromatic nitrogens is 3. The average molecular weight is 570 g/mol. The summed E-state index contributed by atoms with van der Waals surface area (Å²) < 4.78 is 26.5. The van der Waals surface area contributed by atoms with Gasteiger partial charge in [-0.1, -0.05) is 32.0 Å². The third-order valence-electron chi connectivity index (χ3n) is 7.20. The highest BCUT2D eigenvalue weighted by Crippen LogP contribution is 2.35. The van der Waals surface area contributed by atoms with Crippen molar-refractivity contribution in [1.29, 1.82) is 0 Å². The molecule has 1 unspecified atom stereocenters. The lowest BCUT2D eigenvalue weighted by molar-refractivity contribution is -0.0295. The first-order valence-corrected chi connectivity index (χ1v) is 16.6. The Hall–Kier alpha value is -3.06. The summed E-state index contributed by atoms with van der Waals surface area (Å²) in [6, 6.07) is 9.71. The number of fused-ring (bicyclic) bond motifs is 1. The van der Waals surface area contributed by atoms with Crippen LogP contribution in [0.5, 0.6) is 5.88 Å². The third kappa shape index (κ3) is 6.98. The number of carbonyl (C=O) groups is 1. The Morgan fingerprint density at radius 2 is 1.95 bits per heavy atom. The summed E-state index contributed by atoms with van der Waals surface area (Å²) in [6.07, 6.45) is 2.86. The molecule has 40 heavy (non-hydrogen) atoms. The topological polar surface area (TPSA) is 98.1 Å². The summed E-state index contributed by atoms with van der Waals surface area (Å²) in [7, 11) is -2.36. The number of anilines is 1. The van der Waals surface area contributed by atoms with Crippen LogP contribution in [0.2, 0.25) is 0 Å². The summed E-state index contributed by atoms with van der Waals surface area (Å²) in [5.41, 5.74) is 1.86. The van der Waals surface area contributed by atoms with Crippen molar-refractivity contribution in [2.24, 2.45) is 0 Å². The maximum Gasteiger partial charge on any atom is 0.410 e. The number of amides is 1. The molecule has 1 N–H and O–H groups in total. The van der Waals surface area contributed by atoms with Gasteiger partial charge in [0.1, 0.15) is 24.7 Å². The molecule has 2 aromatic heterocycles. The molecule has 9 nitrogen and oxygen atoms in total. The molecule has 1 amide bonds. The van der Waals surface area contributed by atoms with Gasteiger partial charge in [-0.15, -0.1) is 0 Å². The van der Waals surface area contributed by atoms with E-state index in [9.17, 15) is 9.36 Å². The van der Waals surface area contributed by atoms with Crippen LogP contribution in [0.25, 0.3) is 5.65 Å². The molecule has 0 aliphatic carbocycles. The zero-order valence-corrected chi connectivity index (χ0v) is 26.2. The molecule has 0 spiro atoms. The second-order valence-electron chi connectivity index (χ2n) is 13.0. The fraction of sp³-hybridized carbons (Fsp3) is 0.567. The second kappa shape index (κ2) is 11.1. The van der Waals surface area contributed by atoms with Crippen molar-refractivity contribution in [2.75, 3.05) is 25.2 Å². The molecule has 1 fully saturated rings. The molecular weight excluding hydrogens is 525 g/mol. The lowest BCUT2D eigenvalue weighted by atomic mass is 9.89. The Balaban J connectivity index is 1.60. The molecule has 3 heterocycles. The number of hydrogen-bond donors (Lipinski definition) is 1. The van der Waals surface area contributed by atoms with Crippen LogP contribution in [-0.2, 0) is 15.8 Å². The van der Waals surface area contributed by atoms with Gasteiger partial charge in [0.2, 0.25) is 5.88 Å². The highest BCUT2D eigenvalue weighted by molar-refractivity contribution is 7.70. The fourth-order valence-electron chi connectivity index (χ4n) is 4.84. The summed E-state index contributed by atoms with van der Waals surface area (Å²) >= 11 is 0. The van der Waals surface area contributed by atoms with E-state index in [0.717, 1.165) is 40.7 Å². The molecule has 3 aromatic rings. The van der Waals surface area contributed by atoms with Gasteiger partial charge in [0.25, 0.3) is 0 Å². The van der Waals surface area contributed by atoms with E-state index in [1.165, 1.54) is 0 Å². The smallest absolute Gasteiger partial charge is 0.410 e. The molecule has 1 saturated heterocycles. The van der Waals surface area contributed by atoms with Gasteiger partial charge in [0.05, 0.1) is 12.7 Å². The minimum atomic E-state index is -2.36. The Morgan fingerprint density at radius 3 is 2.60 bits per heavy atom. The van der Waals surface area contributed by atoms with Gasteiger partial charge >= 0.3 is 6.09 Å². The number of nitrogens with zero attached hydrogens (tertiary/aromatic N) is 4. The molecular formula is C30H44N5O4P. The van der Waals surface area contributed by atoms with Crippen molar-refractivity contribution in [3.05, 3.63) is 47.7 Å². The molecule has 1 aliphatic heterocycles. The van der Waals surface area contributed by atoms with Crippen molar-refractivity contribution in [2.45, 2.75) is 91.0 Å². The van der Waals surface area contributed by atoms with E-state index in [1.54, 1.807) is 22.7 Å². The van der Waals surface area contributed by atoms with Crippen LogP contribution >= 0.6 is 7.14 Å². The van der Waals surface area contributed by atoms with Gasteiger partial charge in [0, 0.05) is 29.0 Å². The quantitative estimate of drug-likeness (QED) is 0.335. The fourth-order valence-corrected chi connectivity index (χ4v) is 5.76. The van der Waals surface area contributed by atoms with E-state index in [1.807, 2.05) is 57.3 Å². The van der Waals surface area contributed by atoms with Crippen molar-refractivity contribution in [3.63, 3.8) is 0 Å². The maximum atomic E-state index is 13.0. The predicted octanol–water partition coefficient (Wildman–Crippen LogP) is 6.27. The van der Waals surface area contributed by atoms with Crippen molar-refractivity contribution in [3.8, 4) is 5.88 Å². The Kier molecular flexibility index (Phi) is 8.28. The summed E-state index contributed by atoms with van der Waals surface area (Å²) in [5, 5.41) is 8.95. The van der Waals surface area contributed by atoms with E-state index < -0.39 is 12.7 Å². The van der Waals surface area contributed by atoms with Crippen molar-refractivity contribution < 1.29 is 18.8 Å². The van der Waals surface area contributed by atoms with Crippen LogP contribution in [0.4, 0.5) is 10.6 Å². The van der Waals surface area contributed by atoms with Gasteiger partial charge < -0.3 is 19.4 Å². The number of nitrogens with one attached hydrogen (secondary N) is 1. The molecule has 218 valence electrons. The van der Waals surface area contributed by atoms with Crippen LogP contribution in [0.3, 0.4) is 0 Å². The number of rotatable bonds is 7. The minimum Gasteiger partial charge on any atom is -0.472 e. The number of likely N-dealkylation sites (tertiary alicyclic amines) is 1. The lowest BCUT2D eigenvalue weighted by Gasteiger charge is -2.45. The Morgan fingerprint density at radius 1 is 1.23 bits per heavy atom. The SMILES string of the molecule is CC(C)c1cnn2c(NCc3cccc(P(C)(C)=O)c3)cc(OC3CCC(C)(C)N(C(=O)OC(C)(C)C)C3)nc12. The molecule has 10 heteroatoms. The van der Waals surface area contributed by atoms with E-state index in [0.29, 0.717) is 19.0 Å². The van der Waals surface area contributed by atoms with Gasteiger partial charge in [-0.05, 0) is 78.3 Å². The summed E-state index contributed by atoms with van der Waals surface area (Å²) in [4.78, 5) is 19.7. The van der Waals surface area contributed by atoms with E-state index >= 15 is 0 Å². The van der Waals surface area contributed by atoms with E-state index in [4.69, 9.17) is 14.5 Å². The zero-order chi connectivity index (χ0) is 29.5. The summed E-state index contributed by atoms with van der Waals surface area (Å²) in [5.74, 6) is 1.45. The number of ether oxygens (including phenoxy) is 2. The van der Waals surface area contributed by atoms with Crippen LogP contribution < -0.4 is 15.4 Å². The summed E-state index contributed by atoms with van der Waals surface area (Å²) in [6.45, 7) is 18.5. The number of piperidine rings is 1. The molecule has 4 rings (SSSR count). The van der Waals surface area contributed by atoms with Crippen LogP contribution in [0, 0.1) is 0 Å². The minimum absolute atomic E-state index is 0.228. The number of benzene rings is 1. The molecule has 1 aromatic carbocycles. The molecule has 0 radical (unpaired) electrons. The highest BCUT2D eigenvalue weighted by Gasteiger charge is 2.40. The lowest BCUT2D eigenvalue weighted by Crippen LogP contribution is -2.56. The van der Waals surface area contributed by atoms with Gasteiger partial charge in [0.15, 0.2) is 5.65 Å².